The highest BCUT2D eigenvalue weighted by Crippen LogP contribution is 2.32. The van der Waals surface area contributed by atoms with Crippen molar-refractivity contribution in [2.24, 2.45) is 0 Å². The van der Waals surface area contributed by atoms with Crippen molar-refractivity contribution in [1.82, 2.24) is 4.90 Å². The number of rotatable bonds is 2. The summed E-state index contributed by atoms with van der Waals surface area (Å²) in [6.07, 6.45) is 0. The first-order chi connectivity index (χ1) is 8.74. The molecular formula is C15H16ClNO. The van der Waals surface area contributed by atoms with Gasteiger partial charge in [0.05, 0.1) is 0 Å². The van der Waals surface area contributed by atoms with Crippen LogP contribution in [0.15, 0.2) is 36.4 Å². The molecule has 1 heterocycles. The standard InChI is InChI=1S/C15H16ClNO/c1-11(16)8-17-9-14-13-5-3-2-4-12(13)6-7-15(14)18-10-17/h2-7,11H,8-10H2,1H3/t11-/m1/s1. The summed E-state index contributed by atoms with van der Waals surface area (Å²) in [4.78, 5) is 2.24. The summed E-state index contributed by atoms with van der Waals surface area (Å²) < 4.78 is 5.81. The van der Waals surface area contributed by atoms with Crippen LogP contribution < -0.4 is 4.74 Å². The van der Waals surface area contributed by atoms with Crippen molar-refractivity contribution in [3.8, 4) is 5.75 Å². The van der Waals surface area contributed by atoms with Crippen LogP contribution in [0.2, 0.25) is 0 Å². The molecule has 0 saturated heterocycles. The van der Waals surface area contributed by atoms with E-state index in [2.05, 4.69) is 41.3 Å². The molecule has 2 aromatic carbocycles. The van der Waals surface area contributed by atoms with E-state index in [9.17, 15) is 0 Å². The average molecular weight is 262 g/mol. The first kappa shape index (κ1) is 11.8. The number of alkyl halides is 1. The fraction of sp³-hybridized carbons (Fsp3) is 0.333. The largest absolute Gasteiger partial charge is 0.478 e. The molecule has 0 saturated carbocycles. The quantitative estimate of drug-likeness (QED) is 0.766. The highest BCUT2D eigenvalue weighted by molar-refractivity contribution is 6.20. The Balaban J connectivity index is 1.99. The second-order valence-corrected chi connectivity index (χ2v) is 5.57. The molecule has 1 aliphatic heterocycles. The van der Waals surface area contributed by atoms with Crippen LogP contribution in [0.4, 0.5) is 0 Å². The monoisotopic (exact) mass is 261 g/mol. The van der Waals surface area contributed by atoms with Gasteiger partial charge in [0.1, 0.15) is 12.5 Å². The summed E-state index contributed by atoms with van der Waals surface area (Å²) in [5.74, 6) is 1.01. The van der Waals surface area contributed by atoms with Crippen LogP contribution in [0, 0.1) is 0 Å². The van der Waals surface area contributed by atoms with Gasteiger partial charge in [0, 0.05) is 24.0 Å². The minimum atomic E-state index is 0.144. The first-order valence-corrected chi connectivity index (χ1v) is 6.67. The van der Waals surface area contributed by atoms with E-state index in [-0.39, 0.29) is 5.38 Å². The lowest BCUT2D eigenvalue weighted by molar-refractivity contribution is 0.0973. The lowest BCUT2D eigenvalue weighted by Gasteiger charge is -2.30. The highest BCUT2D eigenvalue weighted by atomic mass is 35.5. The van der Waals surface area contributed by atoms with E-state index >= 15 is 0 Å². The van der Waals surface area contributed by atoms with E-state index in [1.165, 1.54) is 16.3 Å². The zero-order chi connectivity index (χ0) is 12.5. The summed E-state index contributed by atoms with van der Waals surface area (Å²) in [7, 11) is 0. The third-order valence-corrected chi connectivity index (χ3v) is 3.43. The summed E-state index contributed by atoms with van der Waals surface area (Å²) in [5, 5.41) is 2.69. The minimum Gasteiger partial charge on any atom is -0.478 e. The molecule has 0 aromatic heterocycles. The number of ether oxygens (including phenoxy) is 1. The van der Waals surface area contributed by atoms with Crippen LogP contribution in [-0.4, -0.2) is 23.6 Å². The molecule has 2 aromatic rings. The Hall–Kier alpha value is -1.25. The predicted octanol–water partition coefficient (Wildman–Crippen LogP) is 3.62. The molecule has 1 atom stereocenters. The molecule has 0 radical (unpaired) electrons. The fourth-order valence-electron chi connectivity index (χ4n) is 2.52. The van der Waals surface area contributed by atoms with Crippen LogP contribution in [0.5, 0.6) is 5.75 Å². The van der Waals surface area contributed by atoms with Crippen LogP contribution in [0.25, 0.3) is 10.8 Å². The molecule has 0 fully saturated rings. The second-order valence-electron chi connectivity index (χ2n) is 4.83. The summed E-state index contributed by atoms with van der Waals surface area (Å²) in [5.41, 5.74) is 1.27. The molecule has 0 spiro atoms. The molecule has 94 valence electrons. The van der Waals surface area contributed by atoms with Crippen molar-refractivity contribution in [3.63, 3.8) is 0 Å². The van der Waals surface area contributed by atoms with E-state index in [0.717, 1.165) is 18.8 Å². The summed E-state index contributed by atoms with van der Waals surface area (Å²) in [6, 6.07) is 12.6. The summed E-state index contributed by atoms with van der Waals surface area (Å²) >= 11 is 6.06. The molecule has 0 amide bonds. The van der Waals surface area contributed by atoms with E-state index in [1.54, 1.807) is 0 Å². The van der Waals surface area contributed by atoms with E-state index in [1.807, 2.05) is 6.92 Å². The zero-order valence-electron chi connectivity index (χ0n) is 10.4. The van der Waals surface area contributed by atoms with Gasteiger partial charge in [-0.15, -0.1) is 11.6 Å². The van der Waals surface area contributed by atoms with Crippen LogP contribution >= 0.6 is 11.6 Å². The molecular weight excluding hydrogens is 246 g/mol. The van der Waals surface area contributed by atoms with Crippen molar-refractivity contribution < 1.29 is 4.74 Å². The maximum Gasteiger partial charge on any atom is 0.142 e. The van der Waals surface area contributed by atoms with Gasteiger partial charge in [0.2, 0.25) is 0 Å². The number of hydrogen-bond acceptors (Lipinski definition) is 2. The molecule has 0 unspecified atom stereocenters. The smallest absolute Gasteiger partial charge is 0.142 e. The predicted molar refractivity (Wildman–Crippen MR) is 75.2 cm³/mol. The van der Waals surface area contributed by atoms with Gasteiger partial charge >= 0.3 is 0 Å². The Labute approximate surface area is 112 Å². The van der Waals surface area contributed by atoms with E-state index in [4.69, 9.17) is 16.3 Å². The number of hydrogen-bond donors (Lipinski definition) is 0. The van der Waals surface area contributed by atoms with Crippen molar-refractivity contribution in [2.45, 2.75) is 18.8 Å². The number of benzene rings is 2. The Kier molecular flexibility index (Phi) is 3.14. The van der Waals surface area contributed by atoms with Crippen molar-refractivity contribution in [2.75, 3.05) is 13.3 Å². The Morgan fingerprint density at radius 3 is 2.94 bits per heavy atom. The number of fused-ring (bicyclic) bond motifs is 3. The Morgan fingerprint density at radius 2 is 2.11 bits per heavy atom. The van der Waals surface area contributed by atoms with Gasteiger partial charge in [-0.2, -0.15) is 0 Å². The van der Waals surface area contributed by atoms with Crippen LogP contribution in [0.1, 0.15) is 12.5 Å². The third-order valence-electron chi connectivity index (χ3n) is 3.29. The zero-order valence-corrected chi connectivity index (χ0v) is 11.2. The second kappa shape index (κ2) is 4.79. The maximum atomic E-state index is 6.06. The normalized spacial score (nSPS) is 17.2. The average Bonchev–Trinajstić information content (AvgIpc) is 2.38. The van der Waals surface area contributed by atoms with Gasteiger partial charge in [-0.25, -0.2) is 0 Å². The van der Waals surface area contributed by atoms with Gasteiger partial charge in [-0.05, 0) is 23.8 Å². The highest BCUT2D eigenvalue weighted by Gasteiger charge is 2.20. The minimum absolute atomic E-state index is 0.144. The Bertz CT molecular complexity index is 567. The molecule has 2 nitrogen and oxygen atoms in total. The lowest BCUT2D eigenvalue weighted by atomic mass is 10.0. The van der Waals surface area contributed by atoms with Crippen molar-refractivity contribution in [1.29, 1.82) is 0 Å². The van der Waals surface area contributed by atoms with Gasteiger partial charge in [0.25, 0.3) is 0 Å². The van der Waals surface area contributed by atoms with Gasteiger partial charge < -0.3 is 4.74 Å². The molecule has 1 aliphatic rings. The van der Waals surface area contributed by atoms with Gasteiger partial charge in [0.15, 0.2) is 0 Å². The third kappa shape index (κ3) is 2.18. The maximum absolute atomic E-state index is 6.06. The SMILES string of the molecule is C[C@@H](Cl)CN1COc2ccc3ccccc3c2C1. The van der Waals surface area contributed by atoms with Crippen LogP contribution in [0.3, 0.4) is 0 Å². The molecule has 3 heteroatoms. The Morgan fingerprint density at radius 1 is 1.28 bits per heavy atom. The summed E-state index contributed by atoms with van der Waals surface area (Å²) in [6.45, 7) is 4.40. The molecule has 0 bridgehead atoms. The number of nitrogens with zero attached hydrogens (tertiary/aromatic N) is 1. The molecule has 18 heavy (non-hydrogen) atoms. The first-order valence-electron chi connectivity index (χ1n) is 6.24. The molecule has 0 aliphatic carbocycles. The van der Waals surface area contributed by atoms with Crippen molar-refractivity contribution in [3.05, 3.63) is 42.0 Å². The van der Waals surface area contributed by atoms with E-state index < -0.39 is 0 Å². The van der Waals surface area contributed by atoms with E-state index in [0.29, 0.717) is 6.73 Å². The lowest BCUT2D eigenvalue weighted by Crippen LogP contribution is -2.35. The topological polar surface area (TPSA) is 12.5 Å². The van der Waals surface area contributed by atoms with Crippen LogP contribution in [-0.2, 0) is 6.54 Å². The molecule has 0 N–H and O–H groups in total. The van der Waals surface area contributed by atoms with Gasteiger partial charge in [-0.1, -0.05) is 30.3 Å². The fourth-order valence-corrected chi connectivity index (χ4v) is 2.71. The molecule has 3 rings (SSSR count). The van der Waals surface area contributed by atoms with Crippen molar-refractivity contribution >= 4 is 22.4 Å². The number of halogens is 1. The van der Waals surface area contributed by atoms with Gasteiger partial charge in [-0.3, -0.25) is 4.90 Å².